The van der Waals surface area contributed by atoms with Crippen LogP contribution in [0.15, 0.2) is 34.1 Å². The van der Waals surface area contributed by atoms with E-state index in [2.05, 4.69) is 5.32 Å². The van der Waals surface area contributed by atoms with E-state index in [9.17, 15) is 8.42 Å². The standard InChI is InChI=1S/C12H18N2O2S2/c1-10-9-14(8-7-13-10)18(15,16)12-6-4-3-5-11(12)17-2/h3-6,10,13H,7-9H2,1-2H3. The second-order valence-corrected chi connectivity index (χ2v) is 7.12. The van der Waals surface area contributed by atoms with Crippen molar-refractivity contribution < 1.29 is 8.42 Å². The maximum atomic E-state index is 12.6. The van der Waals surface area contributed by atoms with Gasteiger partial charge < -0.3 is 5.32 Å². The predicted octanol–water partition coefficient (Wildman–Crippen LogP) is 1.39. The lowest BCUT2D eigenvalue weighted by Crippen LogP contribution is -2.51. The summed E-state index contributed by atoms with van der Waals surface area (Å²) in [5.41, 5.74) is 0. The lowest BCUT2D eigenvalue weighted by molar-refractivity contribution is 0.310. The number of sulfonamides is 1. The Morgan fingerprint density at radius 2 is 2.11 bits per heavy atom. The molecule has 1 aliphatic heterocycles. The van der Waals surface area contributed by atoms with Crippen molar-refractivity contribution in [1.29, 1.82) is 0 Å². The molecule has 1 fully saturated rings. The maximum absolute atomic E-state index is 12.6. The minimum Gasteiger partial charge on any atom is -0.312 e. The molecule has 4 nitrogen and oxygen atoms in total. The fourth-order valence-electron chi connectivity index (χ4n) is 2.09. The van der Waals surface area contributed by atoms with Crippen LogP contribution in [0.1, 0.15) is 6.92 Å². The molecule has 1 aliphatic rings. The third-order valence-electron chi connectivity index (χ3n) is 3.02. The molecule has 1 unspecified atom stereocenters. The lowest BCUT2D eigenvalue weighted by atomic mass is 10.3. The normalized spacial score (nSPS) is 22.0. The van der Waals surface area contributed by atoms with Gasteiger partial charge in [-0.15, -0.1) is 11.8 Å². The zero-order valence-electron chi connectivity index (χ0n) is 10.6. The largest absolute Gasteiger partial charge is 0.312 e. The number of hydrogen-bond donors (Lipinski definition) is 1. The number of benzene rings is 1. The molecule has 1 heterocycles. The molecule has 0 saturated carbocycles. The lowest BCUT2D eigenvalue weighted by Gasteiger charge is -2.31. The average molecular weight is 286 g/mol. The van der Waals surface area contributed by atoms with Gasteiger partial charge in [0.2, 0.25) is 10.0 Å². The summed E-state index contributed by atoms with van der Waals surface area (Å²) in [7, 11) is -3.37. The molecule has 0 aromatic heterocycles. The van der Waals surface area contributed by atoms with E-state index in [0.717, 1.165) is 4.90 Å². The smallest absolute Gasteiger partial charge is 0.244 e. The molecule has 18 heavy (non-hydrogen) atoms. The van der Waals surface area contributed by atoms with Crippen molar-refractivity contribution >= 4 is 21.8 Å². The number of thioether (sulfide) groups is 1. The fraction of sp³-hybridized carbons (Fsp3) is 0.500. The van der Waals surface area contributed by atoms with Gasteiger partial charge in [-0.3, -0.25) is 0 Å². The van der Waals surface area contributed by atoms with E-state index in [0.29, 0.717) is 24.5 Å². The van der Waals surface area contributed by atoms with Gasteiger partial charge in [0.1, 0.15) is 0 Å². The topological polar surface area (TPSA) is 49.4 Å². The fourth-order valence-corrected chi connectivity index (χ4v) is 4.74. The molecule has 1 aromatic carbocycles. The van der Waals surface area contributed by atoms with Gasteiger partial charge in [-0.25, -0.2) is 8.42 Å². The number of rotatable bonds is 3. The van der Waals surface area contributed by atoms with E-state index in [1.807, 2.05) is 25.3 Å². The Bertz CT molecular complexity index is 517. The number of piperazine rings is 1. The highest BCUT2D eigenvalue weighted by Crippen LogP contribution is 2.27. The Hall–Kier alpha value is -0.560. The maximum Gasteiger partial charge on any atom is 0.244 e. The highest BCUT2D eigenvalue weighted by atomic mass is 32.2. The molecule has 1 N–H and O–H groups in total. The third kappa shape index (κ3) is 2.71. The van der Waals surface area contributed by atoms with Crippen LogP contribution in [0.4, 0.5) is 0 Å². The van der Waals surface area contributed by atoms with Crippen LogP contribution in [0.5, 0.6) is 0 Å². The summed E-state index contributed by atoms with van der Waals surface area (Å²) < 4.78 is 26.8. The van der Waals surface area contributed by atoms with Gasteiger partial charge in [-0.1, -0.05) is 12.1 Å². The van der Waals surface area contributed by atoms with Gasteiger partial charge in [-0.2, -0.15) is 4.31 Å². The molecule has 2 rings (SSSR count). The molecule has 100 valence electrons. The van der Waals surface area contributed by atoms with Crippen LogP contribution < -0.4 is 5.32 Å². The van der Waals surface area contributed by atoms with Crippen LogP contribution in [-0.2, 0) is 10.0 Å². The van der Waals surface area contributed by atoms with E-state index >= 15 is 0 Å². The molecule has 0 radical (unpaired) electrons. The van der Waals surface area contributed by atoms with E-state index < -0.39 is 10.0 Å². The highest BCUT2D eigenvalue weighted by Gasteiger charge is 2.29. The van der Waals surface area contributed by atoms with Crippen LogP contribution in [0.3, 0.4) is 0 Å². The first-order valence-corrected chi connectivity index (χ1v) is 8.58. The Kier molecular flexibility index (Phi) is 4.32. The van der Waals surface area contributed by atoms with Crippen molar-refractivity contribution in [2.24, 2.45) is 0 Å². The second kappa shape index (κ2) is 5.61. The molecular weight excluding hydrogens is 268 g/mol. The summed E-state index contributed by atoms with van der Waals surface area (Å²) in [6.45, 7) is 3.78. The van der Waals surface area contributed by atoms with Crippen molar-refractivity contribution in [3.05, 3.63) is 24.3 Å². The van der Waals surface area contributed by atoms with Crippen LogP contribution in [0.25, 0.3) is 0 Å². The minimum atomic E-state index is -3.37. The summed E-state index contributed by atoms with van der Waals surface area (Å²) in [6, 6.07) is 7.38. The third-order valence-corrected chi connectivity index (χ3v) is 5.87. The van der Waals surface area contributed by atoms with E-state index in [1.54, 1.807) is 16.4 Å². The quantitative estimate of drug-likeness (QED) is 0.853. The monoisotopic (exact) mass is 286 g/mol. The van der Waals surface area contributed by atoms with Gasteiger partial charge in [0.05, 0.1) is 4.90 Å². The molecule has 1 saturated heterocycles. The summed E-state index contributed by atoms with van der Waals surface area (Å²) in [5.74, 6) is 0. The summed E-state index contributed by atoms with van der Waals surface area (Å²) in [6.07, 6.45) is 1.90. The number of nitrogens with one attached hydrogen (secondary N) is 1. The van der Waals surface area contributed by atoms with E-state index in [-0.39, 0.29) is 6.04 Å². The molecule has 6 heteroatoms. The molecule has 1 atom stereocenters. The van der Waals surface area contributed by atoms with Crippen molar-refractivity contribution in [2.45, 2.75) is 22.8 Å². The molecule has 0 bridgehead atoms. The highest BCUT2D eigenvalue weighted by molar-refractivity contribution is 7.99. The van der Waals surface area contributed by atoms with Crippen molar-refractivity contribution in [2.75, 3.05) is 25.9 Å². The average Bonchev–Trinajstić information content (AvgIpc) is 2.38. The van der Waals surface area contributed by atoms with Crippen molar-refractivity contribution in [1.82, 2.24) is 9.62 Å². The summed E-state index contributed by atoms with van der Waals surface area (Å²) in [4.78, 5) is 1.23. The van der Waals surface area contributed by atoms with Crippen LogP contribution in [0.2, 0.25) is 0 Å². The van der Waals surface area contributed by atoms with Gasteiger partial charge in [-0.05, 0) is 25.3 Å². The first-order chi connectivity index (χ1) is 8.55. The van der Waals surface area contributed by atoms with Crippen LogP contribution in [-0.4, -0.2) is 44.7 Å². The molecule has 0 aliphatic carbocycles. The SMILES string of the molecule is CSc1ccccc1S(=O)(=O)N1CCNC(C)C1. The zero-order valence-corrected chi connectivity index (χ0v) is 12.2. The Labute approximate surface area is 113 Å². The van der Waals surface area contributed by atoms with E-state index in [4.69, 9.17) is 0 Å². The van der Waals surface area contributed by atoms with Crippen molar-refractivity contribution in [3.63, 3.8) is 0 Å². The van der Waals surface area contributed by atoms with Gasteiger partial charge in [0.15, 0.2) is 0 Å². The first-order valence-electron chi connectivity index (χ1n) is 5.92. The Morgan fingerprint density at radius 1 is 1.39 bits per heavy atom. The Balaban J connectivity index is 2.35. The first kappa shape index (κ1) is 13.9. The minimum absolute atomic E-state index is 0.204. The number of nitrogens with zero attached hydrogens (tertiary/aromatic N) is 1. The van der Waals surface area contributed by atoms with Gasteiger partial charge >= 0.3 is 0 Å². The molecule has 0 amide bonds. The predicted molar refractivity (Wildman–Crippen MR) is 74.4 cm³/mol. The van der Waals surface area contributed by atoms with Crippen molar-refractivity contribution in [3.8, 4) is 0 Å². The van der Waals surface area contributed by atoms with Gasteiger partial charge in [0.25, 0.3) is 0 Å². The second-order valence-electron chi connectivity index (χ2n) is 4.37. The van der Waals surface area contributed by atoms with Gasteiger partial charge in [0, 0.05) is 30.6 Å². The van der Waals surface area contributed by atoms with E-state index in [1.165, 1.54) is 11.8 Å². The van der Waals surface area contributed by atoms with Crippen LogP contribution in [0, 0.1) is 0 Å². The van der Waals surface area contributed by atoms with Crippen LogP contribution >= 0.6 is 11.8 Å². The summed E-state index contributed by atoms with van der Waals surface area (Å²) >= 11 is 1.47. The number of hydrogen-bond acceptors (Lipinski definition) is 4. The molecule has 1 aromatic rings. The Morgan fingerprint density at radius 3 is 2.78 bits per heavy atom. The molecular formula is C12H18N2O2S2. The summed E-state index contributed by atoms with van der Waals surface area (Å²) in [5, 5.41) is 3.25. The zero-order chi connectivity index (χ0) is 13.2. The molecule has 0 spiro atoms.